The third-order valence-electron chi connectivity index (χ3n) is 5.97. The Morgan fingerprint density at radius 1 is 1.23 bits per heavy atom. The van der Waals surface area contributed by atoms with Gasteiger partial charge in [0.2, 0.25) is 0 Å². The SMILES string of the molecule is CCCCCOc1c(OC)ccc2cc(C(=O)NC3(C(=O)O)CCCC3)c(=O)n(C)c12. The fraction of sp³-hybridized carbons (Fsp3) is 0.522. The molecule has 3 rings (SSSR count). The molecule has 0 aliphatic heterocycles. The van der Waals surface area contributed by atoms with Crippen LogP contribution in [0.25, 0.3) is 10.9 Å². The number of carboxylic acids is 1. The molecule has 1 aromatic heterocycles. The topological polar surface area (TPSA) is 107 Å². The average molecular weight is 431 g/mol. The van der Waals surface area contributed by atoms with E-state index in [1.54, 1.807) is 19.2 Å². The lowest BCUT2D eigenvalue weighted by Gasteiger charge is -2.25. The summed E-state index contributed by atoms with van der Waals surface area (Å²) in [5.41, 5.74) is -1.39. The van der Waals surface area contributed by atoms with Gasteiger partial charge >= 0.3 is 5.97 Å². The number of hydrogen-bond acceptors (Lipinski definition) is 5. The number of methoxy groups -OCH3 is 1. The predicted octanol–water partition coefficient (Wildman–Crippen LogP) is 3.24. The first-order valence-corrected chi connectivity index (χ1v) is 10.7. The van der Waals surface area contributed by atoms with Gasteiger partial charge in [-0.25, -0.2) is 4.79 Å². The Morgan fingerprint density at radius 2 is 1.94 bits per heavy atom. The van der Waals surface area contributed by atoms with Crippen molar-refractivity contribution >= 4 is 22.8 Å². The molecule has 1 amide bonds. The van der Waals surface area contributed by atoms with Crippen molar-refractivity contribution in [1.29, 1.82) is 0 Å². The lowest BCUT2D eigenvalue weighted by atomic mass is 9.97. The number of carbonyl (C=O) groups is 2. The Labute approximate surface area is 181 Å². The van der Waals surface area contributed by atoms with Gasteiger partial charge in [0.1, 0.15) is 11.1 Å². The number of amides is 1. The van der Waals surface area contributed by atoms with Gasteiger partial charge in [0.15, 0.2) is 11.5 Å². The molecule has 1 aliphatic carbocycles. The minimum atomic E-state index is -1.31. The van der Waals surface area contributed by atoms with Crippen LogP contribution in [0.2, 0.25) is 0 Å². The number of carbonyl (C=O) groups excluding carboxylic acids is 1. The van der Waals surface area contributed by atoms with Crippen LogP contribution in [-0.2, 0) is 11.8 Å². The van der Waals surface area contributed by atoms with E-state index >= 15 is 0 Å². The molecule has 1 fully saturated rings. The first kappa shape index (κ1) is 22.7. The van der Waals surface area contributed by atoms with E-state index in [0.29, 0.717) is 41.9 Å². The Balaban J connectivity index is 2.02. The summed E-state index contributed by atoms with van der Waals surface area (Å²) in [4.78, 5) is 37.8. The van der Waals surface area contributed by atoms with E-state index < -0.39 is 23.0 Å². The number of unbranched alkanes of at least 4 members (excludes halogenated alkanes) is 2. The van der Waals surface area contributed by atoms with Crippen molar-refractivity contribution in [2.45, 2.75) is 57.4 Å². The second-order valence-corrected chi connectivity index (χ2v) is 8.06. The van der Waals surface area contributed by atoms with Crippen LogP contribution >= 0.6 is 0 Å². The summed E-state index contributed by atoms with van der Waals surface area (Å²) >= 11 is 0. The number of benzene rings is 1. The minimum Gasteiger partial charge on any atom is -0.493 e. The van der Waals surface area contributed by atoms with Crippen LogP contribution < -0.4 is 20.3 Å². The summed E-state index contributed by atoms with van der Waals surface area (Å²) in [5.74, 6) is -0.774. The summed E-state index contributed by atoms with van der Waals surface area (Å²) in [5, 5.41) is 12.9. The highest BCUT2D eigenvalue weighted by molar-refractivity contribution is 6.01. The molecule has 0 bridgehead atoms. The number of rotatable bonds is 9. The third kappa shape index (κ3) is 4.38. The number of carboxylic acid groups (broad SMARTS) is 1. The van der Waals surface area contributed by atoms with Crippen molar-refractivity contribution in [1.82, 2.24) is 9.88 Å². The fourth-order valence-corrected chi connectivity index (χ4v) is 4.17. The van der Waals surface area contributed by atoms with E-state index in [2.05, 4.69) is 12.2 Å². The number of aromatic nitrogens is 1. The Kier molecular flexibility index (Phi) is 6.87. The van der Waals surface area contributed by atoms with E-state index in [-0.39, 0.29) is 5.56 Å². The highest BCUT2D eigenvalue weighted by Gasteiger charge is 2.43. The van der Waals surface area contributed by atoms with Crippen LogP contribution in [0.1, 0.15) is 62.2 Å². The van der Waals surface area contributed by atoms with E-state index in [0.717, 1.165) is 32.1 Å². The van der Waals surface area contributed by atoms with Crippen LogP contribution in [0.4, 0.5) is 0 Å². The molecule has 0 spiro atoms. The standard InChI is InChI=1S/C23H30N2O6/c1-4-5-8-13-31-19-17(30-3)10-9-15-14-16(21(27)25(2)18(15)19)20(26)24-23(22(28)29)11-6-7-12-23/h9-10,14H,4-8,11-13H2,1-3H3,(H,24,26)(H,28,29). The number of hydrogen-bond donors (Lipinski definition) is 2. The molecule has 0 unspecified atom stereocenters. The molecule has 1 aliphatic rings. The maximum atomic E-state index is 13.1. The van der Waals surface area contributed by atoms with Gasteiger partial charge < -0.3 is 24.5 Å². The van der Waals surface area contributed by atoms with E-state index in [1.807, 2.05) is 0 Å². The van der Waals surface area contributed by atoms with E-state index in [9.17, 15) is 19.5 Å². The van der Waals surface area contributed by atoms with Crippen molar-refractivity contribution in [2.24, 2.45) is 7.05 Å². The van der Waals surface area contributed by atoms with E-state index in [4.69, 9.17) is 9.47 Å². The van der Waals surface area contributed by atoms with Gasteiger partial charge in [-0.15, -0.1) is 0 Å². The van der Waals surface area contributed by atoms with Gasteiger partial charge in [0, 0.05) is 12.4 Å². The first-order chi connectivity index (χ1) is 14.8. The number of aliphatic carboxylic acids is 1. The summed E-state index contributed by atoms with van der Waals surface area (Å²) in [6.45, 7) is 2.59. The van der Waals surface area contributed by atoms with E-state index in [1.165, 1.54) is 17.7 Å². The van der Waals surface area contributed by atoms with Gasteiger partial charge in [-0.3, -0.25) is 9.59 Å². The fourth-order valence-electron chi connectivity index (χ4n) is 4.17. The van der Waals surface area contributed by atoms with Crippen molar-refractivity contribution < 1.29 is 24.2 Å². The van der Waals surface area contributed by atoms with Gasteiger partial charge in [0.05, 0.1) is 19.2 Å². The number of nitrogens with one attached hydrogen (secondary N) is 1. The number of nitrogens with zero attached hydrogens (tertiary/aromatic N) is 1. The molecule has 2 aromatic rings. The maximum Gasteiger partial charge on any atom is 0.329 e. The molecule has 1 aromatic carbocycles. The Bertz CT molecular complexity index is 1040. The molecular weight excluding hydrogens is 400 g/mol. The average Bonchev–Trinajstić information content (AvgIpc) is 3.23. The molecule has 0 saturated heterocycles. The van der Waals surface area contributed by atoms with Crippen molar-refractivity contribution in [3.63, 3.8) is 0 Å². The molecule has 31 heavy (non-hydrogen) atoms. The highest BCUT2D eigenvalue weighted by Crippen LogP contribution is 2.35. The monoisotopic (exact) mass is 430 g/mol. The number of fused-ring (bicyclic) bond motifs is 1. The molecule has 2 N–H and O–H groups in total. The normalized spacial score (nSPS) is 15.1. The number of aryl methyl sites for hydroxylation is 1. The molecule has 0 atom stereocenters. The Morgan fingerprint density at radius 3 is 2.55 bits per heavy atom. The number of pyridine rings is 1. The molecule has 8 nitrogen and oxygen atoms in total. The van der Waals surface area contributed by atoms with Gasteiger partial charge in [0.25, 0.3) is 11.5 Å². The zero-order chi connectivity index (χ0) is 22.6. The molecule has 168 valence electrons. The van der Waals surface area contributed by atoms with Gasteiger partial charge in [-0.05, 0) is 37.5 Å². The predicted molar refractivity (Wildman–Crippen MR) is 117 cm³/mol. The number of ether oxygens (including phenoxy) is 2. The lowest BCUT2D eigenvalue weighted by Crippen LogP contribution is -2.53. The summed E-state index contributed by atoms with van der Waals surface area (Å²) in [6.07, 6.45) is 5.12. The van der Waals surface area contributed by atoms with Crippen LogP contribution in [0, 0.1) is 0 Å². The van der Waals surface area contributed by atoms with Crippen LogP contribution in [0.5, 0.6) is 11.5 Å². The van der Waals surface area contributed by atoms with Crippen LogP contribution in [0.15, 0.2) is 23.0 Å². The molecule has 8 heteroatoms. The summed E-state index contributed by atoms with van der Waals surface area (Å²) in [6, 6.07) is 4.99. The smallest absolute Gasteiger partial charge is 0.329 e. The summed E-state index contributed by atoms with van der Waals surface area (Å²) in [7, 11) is 3.11. The minimum absolute atomic E-state index is 0.0929. The molecule has 0 radical (unpaired) electrons. The first-order valence-electron chi connectivity index (χ1n) is 10.7. The zero-order valence-electron chi connectivity index (χ0n) is 18.3. The van der Waals surface area contributed by atoms with Gasteiger partial charge in [-0.1, -0.05) is 32.6 Å². The van der Waals surface area contributed by atoms with Crippen LogP contribution in [0.3, 0.4) is 0 Å². The van der Waals surface area contributed by atoms with Gasteiger partial charge in [-0.2, -0.15) is 0 Å². The molecular formula is C23H30N2O6. The molecule has 1 heterocycles. The molecule has 1 saturated carbocycles. The highest BCUT2D eigenvalue weighted by atomic mass is 16.5. The van der Waals surface area contributed by atoms with Crippen LogP contribution in [-0.4, -0.2) is 40.8 Å². The zero-order valence-corrected chi connectivity index (χ0v) is 18.3. The summed E-state index contributed by atoms with van der Waals surface area (Å²) < 4.78 is 12.8. The lowest BCUT2D eigenvalue weighted by molar-refractivity contribution is -0.144. The van der Waals surface area contributed by atoms with Crippen molar-refractivity contribution in [2.75, 3.05) is 13.7 Å². The second-order valence-electron chi connectivity index (χ2n) is 8.06. The van der Waals surface area contributed by atoms with Crippen molar-refractivity contribution in [3.8, 4) is 11.5 Å². The largest absolute Gasteiger partial charge is 0.493 e. The quantitative estimate of drug-likeness (QED) is 0.592. The maximum absolute atomic E-state index is 13.1. The third-order valence-corrected chi connectivity index (χ3v) is 5.97. The Hall–Kier alpha value is -3.03. The van der Waals surface area contributed by atoms with Crippen molar-refractivity contribution in [3.05, 3.63) is 34.1 Å². The second kappa shape index (κ2) is 9.41.